The van der Waals surface area contributed by atoms with Crippen LogP contribution in [0, 0.1) is 20.8 Å². The maximum atomic E-state index is 12.5. The van der Waals surface area contributed by atoms with Crippen LogP contribution in [-0.4, -0.2) is 18.1 Å². The highest BCUT2D eigenvalue weighted by Crippen LogP contribution is 2.39. The molecular weight excluding hydrogens is 326 g/mol. The van der Waals surface area contributed by atoms with Crippen LogP contribution < -0.4 is 14.8 Å². The molecule has 1 N–H and O–H groups in total. The number of aryl methyl sites for hydroxylation is 3. The minimum atomic E-state index is -0.324. The largest absolute Gasteiger partial charge is 0.487 e. The minimum Gasteiger partial charge on any atom is -0.487 e. The zero-order valence-corrected chi connectivity index (χ0v) is 16.2. The van der Waals surface area contributed by atoms with E-state index in [4.69, 9.17) is 9.47 Å². The van der Waals surface area contributed by atoms with Gasteiger partial charge in [0.25, 0.3) is 5.91 Å². The molecule has 0 aliphatic carbocycles. The molecule has 4 heteroatoms. The van der Waals surface area contributed by atoms with Gasteiger partial charge in [0, 0.05) is 12.0 Å². The molecule has 2 aromatic rings. The van der Waals surface area contributed by atoms with Gasteiger partial charge in [0.15, 0.2) is 6.61 Å². The van der Waals surface area contributed by atoms with E-state index in [1.807, 2.05) is 58.0 Å². The summed E-state index contributed by atoms with van der Waals surface area (Å²) >= 11 is 0. The summed E-state index contributed by atoms with van der Waals surface area (Å²) in [5.74, 6) is 1.43. The molecule has 26 heavy (non-hydrogen) atoms. The van der Waals surface area contributed by atoms with Crippen molar-refractivity contribution in [2.24, 2.45) is 0 Å². The summed E-state index contributed by atoms with van der Waals surface area (Å²) in [6.45, 7) is 10.2. The molecule has 1 heterocycles. The van der Waals surface area contributed by atoms with Crippen molar-refractivity contribution in [2.75, 3.05) is 6.61 Å². The van der Waals surface area contributed by atoms with Gasteiger partial charge in [-0.2, -0.15) is 0 Å². The topological polar surface area (TPSA) is 47.6 Å². The summed E-state index contributed by atoms with van der Waals surface area (Å²) in [5.41, 5.74) is 4.22. The van der Waals surface area contributed by atoms with Gasteiger partial charge in [0.2, 0.25) is 0 Å². The molecule has 1 atom stereocenters. The Hall–Kier alpha value is -2.49. The van der Waals surface area contributed by atoms with Gasteiger partial charge >= 0.3 is 0 Å². The van der Waals surface area contributed by atoms with Crippen LogP contribution in [-0.2, 0) is 4.79 Å². The molecular formula is C22H27NO3. The Balaban J connectivity index is 1.68. The maximum Gasteiger partial charge on any atom is 0.258 e. The maximum absolute atomic E-state index is 12.5. The molecule has 1 aliphatic heterocycles. The van der Waals surface area contributed by atoms with Crippen molar-refractivity contribution in [3.05, 3.63) is 58.7 Å². The number of ether oxygens (including phenoxy) is 2. The minimum absolute atomic E-state index is 0.00142. The van der Waals surface area contributed by atoms with Gasteiger partial charge in [-0.1, -0.05) is 23.8 Å². The first-order valence-corrected chi connectivity index (χ1v) is 9.02. The van der Waals surface area contributed by atoms with Crippen LogP contribution in [0.3, 0.4) is 0 Å². The van der Waals surface area contributed by atoms with E-state index in [1.54, 1.807) is 0 Å². The molecule has 0 saturated carbocycles. The van der Waals surface area contributed by atoms with E-state index in [0.29, 0.717) is 5.75 Å². The van der Waals surface area contributed by atoms with Gasteiger partial charge in [-0.3, -0.25) is 4.79 Å². The van der Waals surface area contributed by atoms with Gasteiger partial charge in [-0.15, -0.1) is 0 Å². The second kappa shape index (κ2) is 7.02. The molecule has 4 nitrogen and oxygen atoms in total. The Bertz CT molecular complexity index is 826. The lowest BCUT2D eigenvalue weighted by atomic mass is 9.89. The number of benzene rings is 2. The molecule has 2 aromatic carbocycles. The number of rotatable bonds is 4. The van der Waals surface area contributed by atoms with Crippen LogP contribution in [0.4, 0.5) is 0 Å². The Morgan fingerprint density at radius 3 is 2.65 bits per heavy atom. The lowest BCUT2D eigenvalue weighted by molar-refractivity contribution is -0.124. The Kier molecular flexibility index (Phi) is 4.94. The van der Waals surface area contributed by atoms with Crippen molar-refractivity contribution in [1.29, 1.82) is 0 Å². The number of carbonyl (C=O) groups is 1. The summed E-state index contributed by atoms with van der Waals surface area (Å²) in [5, 5.41) is 3.11. The molecule has 0 unspecified atom stereocenters. The lowest BCUT2D eigenvalue weighted by Gasteiger charge is -2.38. The van der Waals surface area contributed by atoms with Gasteiger partial charge in [0.1, 0.15) is 17.1 Å². The normalized spacial score (nSPS) is 17.8. The third-order valence-electron chi connectivity index (χ3n) is 4.81. The molecule has 0 radical (unpaired) electrons. The molecule has 0 aromatic heterocycles. The summed E-state index contributed by atoms with van der Waals surface area (Å²) in [6.07, 6.45) is 0.721. The molecule has 0 bridgehead atoms. The van der Waals surface area contributed by atoms with Gasteiger partial charge in [-0.25, -0.2) is 0 Å². The van der Waals surface area contributed by atoms with Crippen molar-refractivity contribution in [3.63, 3.8) is 0 Å². The SMILES string of the molecule is Cc1ccc2c(c1)[C@@H](NC(=O)COc1ccc(C)c(C)c1)CC(C)(C)O2. The van der Waals surface area contributed by atoms with Gasteiger partial charge < -0.3 is 14.8 Å². The summed E-state index contributed by atoms with van der Waals surface area (Å²) < 4.78 is 11.7. The van der Waals surface area contributed by atoms with Crippen LogP contribution >= 0.6 is 0 Å². The molecule has 0 saturated heterocycles. The second-order valence-corrected chi connectivity index (χ2v) is 7.76. The van der Waals surface area contributed by atoms with Crippen LogP contribution in [0.25, 0.3) is 0 Å². The molecule has 1 aliphatic rings. The van der Waals surface area contributed by atoms with E-state index >= 15 is 0 Å². The van der Waals surface area contributed by atoms with Crippen LogP contribution in [0.15, 0.2) is 36.4 Å². The highest BCUT2D eigenvalue weighted by Gasteiger charge is 2.34. The highest BCUT2D eigenvalue weighted by molar-refractivity contribution is 5.78. The zero-order valence-electron chi connectivity index (χ0n) is 16.2. The predicted octanol–water partition coefficient (Wildman–Crippen LogP) is 4.41. The first-order chi connectivity index (χ1) is 12.2. The Morgan fingerprint density at radius 1 is 1.15 bits per heavy atom. The molecule has 138 valence electrons. The average molecular weight is 353 g/mol. The van der Waals surface area contributed by atoms with E-state index in [-0.39, 0.29) is 24.2 Å². The third-order valence-corrected chi connectivity index (χ3v) is 4.81. The van der Waals surface area contributed by atoms with Gasteiger partial charge in [0.05, 0.1) is 6.04 Å². The number of hydrogen-bond donors (Lipinski definition) is 1. The molecule has 0 spiro atoms. The Morgan fingerprint density at radius 2 is 1.92 bits per heavy atom. The van der Waals surface area contributed by atoms with Crippen LogP contribution in [0.2, 0.25) is 0 Å². The van der Waals surface area contributed by atoms with Gasteiger partial charge in [-0.05, 0) is 63.9 Å². The number of nitrogens with one attached hydrogen (secondary N) is 1. The van der Waals surface area contributed by atoms with E-state index < -0.39 is 0 Å². The van der Waals surface area contributed by atoms with E-state index in [9.17, 15) is 4.79 Å². The lowest BCUT2D eigenvalue weighted by Crippen LogP contribution is -2.42. The smallest absolute Gasteiger partial charge is 0.258 e. The zero-order chi connectivity index (χ0) is 18.9. The molecule has 3 rings (SSSR count). The summed E-state index contributed by atoms with van der Waals surface area (Å²) in [4.78, 5) is 12.5. The van der Waals surface area contributed by atoms with Crippen molar-refractivity contribution in [3.8, 4) is 11.5 Å². The van der Waals surface area contributed by atoms with Crippen LogP contribution in [0.1, 0.15) is 48.6 Å². The number of hydrogen-bond acceptors (Lipinski definition) is 3. The van der Waals surface area contributed by atoms with Crippen molar-refractivity contribution in [1.82, 2.24) is 5.32 Å². The average Bonchev–Trinajstić information content (AvgIpc) is 2.56. The van der Waals surface area contributed by atoms with Crippen molar-refractivity contribution in [2.45, 2.75) is 52.7 Å². The first kappa shape index (κ1) is 18.3. The summed E-state index contributed by atoms with van der Waals surface area (Å²) in [6, 6.07) is 11.9. The fourth-order valence-electron chi connectivity index (χ4n) is 3.29. The second-order valence-electron chi connectivity index (χ2n) is 7.76. The van der Waals surface area contributed by atoms with Crippen molar-refractivity contribution >= 4 is 5.91 Å². The predicted molar refractivity (Wildman–Crippen MR) is 103 cm³/mol. The van der Waals surface area contributed by atoms with E-state index in [1.165, 1.54) is 5.56 Å². The fraction of sp³-hybridized carbons (Fsp3) is 0.409. The summed E-state index contributed by atoms with van der Waals surface area (Å²) in [7, 11) is 0. The van der Waals surface area contributed by atoms with Crippen molar-refractivity contribution < 1.29 is 14.3 Å². The number of amides is 1. The fourth-order valence-corrected chi connectivity index (χ4v) is 3.29. The highest BCUT2D eigenvalue weighted by atomic mass is 16.5. The third kappa shape index (κ3) is 4.18. The number of fused-ring (bicyclic) bond motifs is 1. The quantitative estimate of drug-likeness (QED) is 0.886. The van der Waals surface area contributed by atoms with E-state index in [0.717, 1.165) is 28.9 Å². The number of carbonyl (C=O) groups excluding carboxylic acids is 1. The standard InChI is InChI=1S/C22H27NO3/c1-14-6-9-20-18(10-14)19(12-22(4,5)26-20)23-21(24)13-25-17-8-7-15(2)16(3)11-17/h6-11,19H,12-13H2,1-5H3,(H,23,24)/t19-/m0/s1. The Labute approximate surface area is 155 Å². The van der Waals surface area contributed by atoms with E-state index in [2.05, 4.69) is 18.3 Å². The monoisotopic (exact) mass is 353 g/mol. The molecule has 1 amide bonds. The molecule has 0 fully saturated rings. The first-order valence-electron chi connectivity index (χ1n) is 9.02. The van der Waals surface area contributed by atoms with Crippen LogP contribution in [0.5, 0.6) is 11.5 Å².